The Balaban J connectivity index is 2.01. The smallest absolute Gasteiger partial charge is 0.364 e. The van der Waals surface area contributed by atoms with Gasteiger partial charge in [-0.05, 0) is 16.6 Å². The van der Waals surface area contributed by atoms with Gasteiger partial charge in [0, 0.05) is 12.3 Å². The molecule has 2 rings (SSSR count). The number of hydrogen-bond acceptors (Lipinski definition) is 9. The molecule has 0 fully saturated rings. The lowest BCUT2D eigenvalue weighted by Crippen LogP contribution is -2.11. The van der Waals surface area contributed by atoms with E-state index in [-0.39, 0.29) is 22.2 Å². The van der Waals surface area contributed by atoms with Crippen molar-refractivity contribution in [2.24, 2.45) is 4.53 Å². The number of anilines is 1. The SMILES string of the molecule is CO/N=S(\C)CCNc1nonc1-c1noc(=O)[nH]1. The van der Waals surface area contributed by atoms with Crippen LogP contribution >= 0.6 is 0 Å². The summed E-state index contributed by atoms with van der Waals surface area (Å²) in [5.74, 6) is 0.623. The van der Waals surface area contributed by atoms with Crippen molar-refractivity contribution in [2.45, 2.75) is 0 Å². The quantitative estimate of drug-likeness (QED) is 0.699. The number of hydrogen-bond donors (Lipinski definition) is 2. The third-order valence-electron chi connectivity index (χ3n) is 2.04. The number of H-pyrrole nitrogens is 1. The van der Waals surface area contributed by atoms with Gasteiger partial charge in [0.25, 0.3) is 0 Å². The minimum atomic E-state index is -0.669. The first-order valence-electron chi connectivity index (χ1n) is 5.20. The fourth-order valence-corrected chi connectivity index (χ4v) is 2.00. The van der Waals surface area contributed by atoms with Crippen LogP contribution in [0.15, 0.2) is 18.5 Å². The summed E-state index contributed by atoms with van der Waals surface area (Å²) in [7, 11) is 1.30. The Hall–Kier alpha value is -2.01. The third kappa shape index (κ3) is 3.48. The summed E-state index contributed by atoms with van der Waals surface area (Å²) in [6, 6.07) is 0. The van der Waals surface area contributed by atoms with Crippen molar-refractivity contribution in [2.75, 3.05) is 31.0 Å². The molecule has 0 aliphatic rings. The zero-order chi connectivity index (χ0) is 13.7. The molecule has 1 unspecified atom stereocenters. The normalized spacial score (nSPS) is 12.7. The molecule has 104 valence electrons. The summed E-state index contributed by atoms with van der Waals surface area (Å²) < 4.78 is 12.9. The molecule has 2 aromatic heterocycles. The second-order valence-corrected chi connectivity index (χ2v) is 5.15. The van der Waals surface area contributed by atoms with E-state index in [4.69, 9.17) is 0 Å². The Bertz CT molecular complexity index is 617. The Morgan fingerprint density at radius 1 is 1.47 bits per heavy atom. The van der Waals surface area contributed by atoms with Gasteiger partial charge in [0.05, 0.1) is 7.11 Å². The topological polar surface area (TPSA) is 131 Å². The molecule has 2 N–H and O–H groups in total. The lowest BCUT2D eigenvalue weighted by molar-refractivity contribution is 0.221. The van der Waals surface area contributed by atoms with Crippen LogP contribution in [0.2, 0.25) is 0 Å². The van der Waals surface area contributed by atoms with Crippen LogP contribution in [0, 0.1) is 0 Å². The monoisotopic (exact) mass is 288 g/mol. The van der Waals surface area contributed by atoms with Crippen LogP contribution in [0.1, 0.15) is 0 Å². The zero-order valence-electron chi connectivity index (χ0n) is 10.2. The van der Waals surface area contributed by atoms with Gasteiger partial charge in [-0.1, -0.05) is 15.8 Å². The Morgan fingerprint density at radius 3 is 3.00 bits per heavy atom. The molecule has 0 aliphatic heterocycles. The average Bonchev–Trinajstić information content (AvgIpc) is 2.98. The summed E-state index contributed by atoms with van der Waals surface area (Å²) in [5, 5.41) is 13.9. The lowest BCUT2D eigenvalue weighted by Gasteiger charge is -2.02. The highest BCUT2D eigenvalue weighted by Gasteiger charge is 2.16. The highest BCUT2D eigenvalue weighted by molar-refractivity contribution is 7.86. The predicted molar refractivity (Wildman–Crippen MR) is 66.5 cm³/mol. The van der Waals surface area contributed by atoms with Crippen LogP contribution in [0.25, 0.3) is 11.5 Å². The summed E-state index contributed by atoms with van der Waals surface area (Å²) in [5.41, 5.74) is 0.283. The first-order chi connectivity index (χ1) is 9.20. The molecule has 0 spiro atoms. The molecule has 10 nitrogen and oxygen atoms in total. The van der Waals surface area contributed by atoms with E-state index in [9.17, 15) is 4.79 Å². The molecule has 0 radical (unpaired) electrons. The minimum absolute atomic E-state index is 0.158. The second-order valence-electron chi connectivity index (χ2n) is 3.39. The van der Waals surface area contributed by atoms with Crippen LogP contribution in [0.5, 0.6) is 0 Å². The third-order valence-corrected chi connectivity index (χ3v) is 3.24. The summed E-state index contributed by atoms with van der Waals surface area (Å²) >= 11 is 0. The van der Waals surface area contributed by atoms with Crippen molar-refractivity contribution >= 4 is 16.5 Å². The maximum absolute atomic E-state index is 10.9. The van der Waals surface area contributed by atoms with E-state index in [0.717, 1.165) is 5.75 Å². The molecule has 19 heavy (non-hydrogen) atoms. The van der Waals surface area contributed by atoms with Gasteiger partial charge < -0.3 is 5.32 Å². The molecule has 2 heterocycles. The molecule has 0 saturated heterocycles. The van der Waals surface area contributed by atoms with Crippen LogP contribution < -0.4 is 11.1 Å². The summed E-state index contributed by atoms with van der Waals surface area (Å²) in [4.78, 5) is 17.9. The van der Waals surface area contributed by atoms with Crippen molar-refractivity contribution < 1.29 is 14.0 Å². The molecule has 0 amide bonds. The van der Waals surface area contributed by atoms with Crippen molar-refractivity contribution in [1.82, 2.24) is 20.5 Å². The van der Waals surface area contributed by atoms with Crippen molar-refractivity contribution in [3.63, 3.8) is 0 Å². The Morgan fingerprint density at radius 2 is 2.32 bits per heavy atom. The number of aromatic amines is 1. The molecule has 2 aromatic rings. The molecule has 0 aromatic carbocycles. The van der Waals surface area contributed by atoms with Crippen molar-refractivity contribution in [3.8, 4) is 11.5 Å². The standard InChI is InChI=1S/C8H12N6O4S/c1-16-14-19(2)4-3-9-6-5(11-18-13-6)7-10-8(15)17-12-7/h3-4H2,1-2H3,(H,9,13)(H,10,12,15). The number of nitrogens with zero attached hydrogens (tertiary/aromatic N) is 4. The van der Waals surface area contributed by atoms with E-state index in [1.807, 2.05) is 6.26 Å². The maximum atomic E-state index is 10.9. The van der Waals surface area contributed by atoms with E-state index in [1.165, 1.54) is 7.11 Å². The molecule has 0 saturated carbocycles. The van der Waals surface area contributed by atoms with Crippen LogP contribution in [-0.2, 0) is 15.5 Å². The van der Waals surface area contributed by atoms with E-state index in [0.29, 0.717) is 12.4 Å². The van der Waals surface area contributed by atoms with Crippen molar-refractivity contribution in [3.05, 3.63) is 10.6 Å². The second kappa shape index (κ2) is 6.24. The average molecular weight is 288 g/mol. The summed E-state index contributed by atoms with van der Waals surface area (Å²) in [6.07, 6.45) is 1.95. The Labute approximate surface area is 109 Å². The van der Waals surface area contributed by atoms with Gasteiger partial charge in [0.2, 0.25) is 11.6 Å². The summed E-state index contributed by atoms with van der Waals surface area (Å²) in [6.45, 7) is 0.593. The fraction of sp³-hybridized carbons (Fsp3) is 0.500. The van der Waals surface area contributed by atoms with Crippen molar-refractivity contribution in [1.29, 1.82) is 0 Å². The number of rotatable bonds is 6. The largest absolute Gasteiger partial charge is 0.439 e. The van der Waals surface area contributed by atoms with Gasteiger partial charge in [0.15, 0.2) is 5.69 Å². The molecule has 0 bridgehead atoms. The highest BCUT2D eigenvalue weighted by atomic mass is 32.2. The molecule has 1 atom stereocenters. The first-order valence-corrected chi connectivity index (χ1v) is 6.96. The highest BCUT2D eigenvalue weighted by Crippen LogP contribution is 2.19. The van der Waals surface area contributed by atoms with Gasteiger partial charge in [-0.2, -0.15) is 0 Å². The zero-order valence-corrected chi connectivity index (χ0v) is 11.1. The number of aromatic nitrogens is 4. The molecular weight excluding hydrogens is 276 g/mol. The Kier molecular flexibility index (Phi) is 4.41. The molecular formula is C8H12N6O4S. The molecule has 0 aliphatic carbocycles. The van der Waals surface area contributed by atoms with Gasteiger partial charge >= 0.3 is 5.76 Å². The van der Waals surface area contributed by atoms with E-state index < -0.39 is 5.76 Å². The maximum Gasteiger partial charge on any atom is 0.439 e. The van der Waals surface area contributed by atoms with E-state index in [2.05, 4.69) is 44.3 Å². The number of nitrogens with one attached hydrogen (secondary N) is 2. The van der Waals surface area contributed by atoms with Crippen LogP contribution in [-0.4, -0.2) is 46.1 Å². The lowest BCUT2D eigenvalue weighted by atomic mass is 10.4. The van der Waals surface area contributed by atoms with Crippen LogP contribution in [0.4, 0.5) is 5.82 Å². The van der Waals surface area contributed by atoms with Gasteiger partial charge in [-0.25, -0.2) is 14.3 Å². The predicted octanol–water partition coefficient (Wildman–Crippen LogP) is -0.182. The fourth-order valence-electron chi connectivity index (χ4n) is 1.27. The van der Waals surface area contributed by atoms with Gasteiger partial charge in [-0.15, -0.1) is 4.53 Å². The van der Waals surface area contributed by atoms with Gasteiger partial charge in [-0.3, -0.25) is 9.51 Å². The minimum Gasteiger partial charge on any atom is -0.364 e. The van der Waals surface area contributed by atoms with E-state index in [1.54, 1.807) is 0 Å². The van der Waals surface area contributed by atoms with E-state index >= 15 is 0 Å². The van der Waals surface area contributed by atoms with Crippen LogP contribution in [0.3, 0.4) is 0 Å². The van der Waals surface area contributed by atoms with Gasteiger partial charge in [0.1, 0.15) is 0 Å². The molecule has 11 heteroatoms. The first kappa shape index (κ1) is 13.4.